The standard InChI is InChI=1S/C23H23N3O5/c1-5-10-26-13-16(20(27)15-8-6-7-9-17(15)26)23-24-22(25-31-23)14-11-18(28-2)21(30-4)19(12-14)29-3/h6-9,11-13H,5,10H2,1-4H3. The highest BCUT2D eigenvalue weighted by Crippen LogP contribution is 2.40. The number of aromatic nitrogens is 3. The summed E-state index contributed by atoms with van der Waals surface area (Å²) in [7, 11) is 4.61. The highest BCUT2D eigenvalue weighted by atomic mass is 16.5. The second-order valence-corrected chi connectivity index (χ2v) is 6.92. The van der Waals surface area contributed by atoms with Gasteiger partial charge in [0.15, 0.2) is 11.5 Å². The average molecular weight is 421 g/mol. The molecule has 0 bridgehead atoms. The van der Waals surface area contributed by atoms with E-state index in [1.807, 2.05) is 28.8 Å². The smallest absolute Gasteiger partial charge is 0.263 e. The lowest BCUT2D eigenvalue weighted by atomic mass is 10.1. The predicted molar refractivity (Wildman–Crippen MR) is 117 cm³/mol. The molecule has 8 nitrogen and oxygen atoms in total. The minimum absolute atomic E-state index is 0.150. The number of rotatable bonds is 7. The average Bonchev–Trinajstić information content (AvgIpc) is 3.30. The van der Waals surface area contributed by atoms with Crippen molar-refractivity contribution in [1.29, 1.82) is 0 Å². The van der Waals surface area contributed by atoms with Gasteiger partial charge in [0.05, 0.1) is 26.8 Å². The van der Waals surface area contributed by atoms with Gasteiger partial charge < -0.3 is 23.3 Å². The molecule has 4 aromatic rings. The fraction of sp³-hybridized carbons (Fsp3) is 0.261. The third kappa shape index (κ3) is 3.61. The molecule has 31 heavy (non-hydrogen) atoms. The lowest BCUT2D eigenvalue weighted by Crippen LogP contribution is -2.12. The molecule has 4 rings (SSSR count). The summed E-state index contributed by atoms with van der Waals surface area (Å²) >= 11 is 0. The summed E-state index contributed by atoms with van der Waals surface area (Å²) in [5.41, 5.74) is 1.70. The van der Waals surface area contributed by atoms with Crippen LogP contribution in [0.5, 0.6) is 17.2 Å². The Morgan fingerprint density at radius 3 is 2.39 bits per heavy atom. The third-order valence-corrected chi connectivity index (χ3v) is 5.03. The van der Waals surface area contributed by atoms with Gasteiger partial charge >= 0.3 is 0 Å². The minimum atomic E-state index is -0.150. The van der Waals surface area contributed by atoms with Crippen LogP contribution in [-0.4, -0.2) is 36.0 Å². The molecule has 8 heteroatoms. The van der Waals surface area contributed by atoms with Crippen LogP contribution in [0.25, 0.3) is 33.7 Å². The summed E-state index contributed by atoms with van der Waals surface area (Å²) in [6.45, 7) is 2.85. The molecule has 0 aliphatic carbocycles. The Hall–Kier alpha value is -3.81. The topological polar surface area (TPSA) is 88.6 Å². The maximum Gasteiger partial charge on any atom is 0.263 e. The summed E-state index contributed by atoms with van der Waals surface area (Å²) < 4.78 is 23.7. The van der Waals surface area contributed by atoms with Crippen molar-refractivity contribution in [2.75, 3.05) is 21.3 Å². The van der Waals surface area contributed by atoms with E-state index in [9.17, 15) is 4.79 Å². The van der Waals surface area contributed by atoms with Crippen LogP contribution < -0.4 is 19.6 Å². The maximum absolute atomic E-state index is 13.1. The van der Waals surface area contributed by atoms with Gasteiger partial charge in [-0.25, -0.2) is 0 Å². The van der Waals surface area contributed by atoms with Gasteiger partial charge in [-0.15, -0.1) is 0 Å². The molecule has 0 spiro atoms. The quantitative estimate of drug-likeness (QED) is 0.443. The molecule has 2 aromatic carbocycles. The Kier molecular flexibility index (Phi) is 5.62. The van der Waals surface area contributed by atoms with E-state index in [0.29, 0.717) is 39.6 Å². The van der Waals surface area contributed by atoms with Crippen molar-refractivity contribution in [3.63, 3.8) is 0 Å². The van der Waals surface area contributed by atoms with Gasteiger partial charge in [0.25, 0.3) is 5.89 Å². The minimum Gasteiger partial charge on any atom is -0.493 e. The zero-order valence-corrected chi connectivity index (χ0v) is 17.8. The molecule has 0 saturated heterocycles. The first-order chi connectivity index (χ1) is 15.1. The van der Waals surface area contributed by atoms with Gasteiger partial charge in [-0.3, -0.25) is 4.79 Å². The number of hydrogen-bond donors (Lipinski definition) is 0. The number of pyridine rings is 1. The van der Waals surface area contributed by atoms with E-state index in [4.69, 9.17) is 18.7 Å². The predicted octanol–water partition coefficient (Wildman–Crippen LogP) is 4.15. The normalized spacial score (nSPS) is 11.0. The van der Waals surface area contributed by atoms with Crippen molar-refractivity contribution >= 4 is 10.9 Å². The Labute approximate surface area is 179 Å². The van der Waals surface area contributed by atoms with Crippen LogP contribution in [0, 0.1) is 0 Å². The lowest BCUT2D eigenvalue weighted by molar-refractivity contribution is 0.324. The highest BCUT2D eigenvalue weighted by Gasteiger charge is 2.20. The number of fused-ring (bicyclic) bond motifs is 1. The zero-order chi connectivity index (χ0) is 22.0. The molecular weight excluding hydrogens is 398 g/mol. The van der Waals surface area contributed by atoms with Gasteiger partial charge in [-0.1, -0.05) is 24.2 Å². The van der Waals surface area contributed by atoms with Crippen LogP contribution in [0.3, 0.4) is 0 Å². The molecule has 0 saturated carbocycles. The van der Waals surface area contributed by atoms with E-state index >= 15 is 0 Å². The first kappa shape index (κ1) is 20.5. The van der Waals surface area contributed by atoms with Crippen LogP contribution in [0.4, 0.5) is 0 Å². The van der Waals surface area contributed by atoms with Crippen LogP contribution in [-0.2, 0) is 6.54 Å². The Morgan fingerprint density at radius 1 is 1.03 bits per heavy atom. The highest BCUT2D eigenvalue weighted by molar-refractivity contribution is 5.83. The number of nitrogens with zero attached hydrogens (tertiary/aromatic N) is 3. The van der Waals surface area contributed by atoms with Gasteiger partial charge in [-0.05, 0) is 30.7 Å². The summed E-state index contributed by atoms with van der Waals surface area (Å²) in [6, 6.07) is 11.0. The van der Waals surface area contributed by atoms with E-state index in [1.165, 1.54) is 21.3 Å². The SMILES string of the molecule is CCCn1cc(-c2nc(-c3cc(OC)c(OC)c(OC)c3)no2)c(=O)c2ccccc21. The molecule has 2 heterocycles. The van der Waals surface area contributed by atoms with E-state index in [-0.39, 0.29) is 11.3 Å². The molecule has 0 amide bonds. The monoisotopic (exact) mass is 421 g/mol. The van der Waals surface area contributed by atoms with Gasteiger partial charge in [-0.2, -0.15) is 4.98 Å². The van der Waals surface area contributed by atoms with Crippen LogP contribution in [0.2, 0.25) is 0 Å². The molecular formula is C23H23N3O5. The van der Waals surface area contributed by atoms with Gasteiger partial charge in [0.1, 0.15) is 5.56 Å². The molecule has 2 aromatic heterocycles. The second kappa shape index (κ2) is 8.51. The van der Waals surface area contributed by atoms with Crippen molar-refractivity contribution in [3.8, 4) is 40.1 Å². The first-order valence-electron chi connectivity index (χ1n) is 9.87. The molecule has 0 unspecified atom stereocenters. The number of methoxy groups -OCH3 is 3. The Balaban J connectivity index is 1.84. The van der Waals surface area contributed by atoms with Gasteiger partial charge in [0.2, 0.25) is 17.0 Å². The Bertz CT molecular complexity index is 1270. The Morgan fingerprint density at radius 2 is 1.74 bits per heavy atom. The maximum atomic E-state index is 13.1. The summed E-state index contributed by atoms with van der Waals surface area (Å²) in [4.78, 5) is 17.6. The van der Waals surface area contributed by atoms with Crippen LogP contribution in [0.1, 0.15) is 13.3 Å². The summed E-state index contributed by atoms with van der Waals surface area (Å²) in [5.74, 6) is 1.88. The molecule has 0 aliphatic heterocycles. The van der Waals surface area contributed by atoms with Crippen molar-refractivity contribution in [1.82, 2.24) is 14.7 Å². The number of hydrogen-bond acceptors (Lipinski definition) is 7. The van der Waals surface area contributed by atoms with E-state index in [2.05, 4.69) is 17.1 Å². The van der Waals surface area contributed by atoms with Crippen molar-refractivity contribution in [2.45, 2.75) is 19.9 Å². The van der Waals surface area contributed by atoms with E-state index in [1.54, 1.807) is 18.3 Å². The molecule has 0 aliphatic rings. The van der Waals surface area contributed by atoms with Crippen LogP contribution in [0.15, 0.2) is 51.9 Å². The van der Waals surface area contributed by atoms with Crippen molar-refractivity contribution in [3.05, 3.63) is 52.8 Å². The molecule has 0 N–H and O–H groups in total. The number of benzene rings is 2. The fourth-order valence-corrected chi connectivity index (χ4v) is 3.58. The summed E-state index contributed by atoms with van der Waals surface area (Å²) in [5, 5.41) is 4.69. The van der Waals surface area contributed by atoms with Crippen LogP contribution >= 0.6 is 0 Å². The third-order valence-electron chi connectivity index (χ3n) is 5.03. The molecule has 0 radical (unpaired) electrons. The second-order valence-electron chi connectivity index (χ2n) is 6.92. The summed E-state index contributed by atoms with van der Waals surface area (Å²) in [6.07, 6.45) is 2.70. The molecule has 0 fully saturated rings. The number of para-hydroxylation sites is 1. The number of aryl methyl sites for hydroxylation is 1. The lowest BCUT2D eigenvalue weighted by Gasteiger charge is -2.12. The fourth-order valence-electron chi connectivity index (χ4n) is 3.58. The first-order valence-corrected chi connectivity index (χ1v) is 9.87. The van der Waals surface area contributed by atoms with Gasteiger partial charge in [0, 0.05) is 23.7 Å². The largest absolute Gasteiger partial charge is 0.493 e. The zero-order valence-electron chi connectivity index (χ0n) is 17.8. The molecule has 0 atom stereocenters. The van der Waals surface area contributed by atoms with Crippen molar-refractivity contribution in [2.24, 2.45) is 0 Å². The molecule has 160 valence electrons. The number of ether oxygens (including phenoxy) is 3. The van der Waals surface area contributed by atoms with Crippen molar-refractivity contribution < 1.29 is 18.7 Å². The van der Waals surface area contributed by atoms with E-state index in [0.717, 1.165) is 18.5 Å². The van der Waals surface area contributed by atoms with E-state index < -0.39 is 0 Å².